The van der Waals surface area contributed by atoms with Crippen LogP contribution in [0.2, 0.25) is 0 Å². The molecular weight excluding hydrogens is 422 g/mol. The molecule has 0 fully saturated rings. The third-order valence-electron chi connectivity index (χ3n) is 4.50. The van der Waals surface area contributed by atoms with Gasteiger partial charge in [-0.25, -0.2) is 4.98 Å². The van der Waals surface area contributed by atoms with Gasteiger partial charge in [-0.3, -0.25) is 4.79 Å². The number of aromatic nitrogens is 1. The molecule has 1 amide bonds. The van der Waals surface area contributed by atoms with Crippen LogP contribution in [0.3, 0.4) is 0 Å². The monoisotopic (exact) mass is 447 g/mol. The fourth-order valence-corrected chi connectivity index (χ4v) is 3.61. The van der Waals surface area contributed by atoms with Gasteiger partial charge in [0.15, 0.2) is 0 Å². The molecule has 0 unspecified atom stereocenters. The Kier molecular flexibility index (Phi) is 8.41. The van der Waals surface area contributed by atoms with E-state index in [1.807, 2.05) is 67.8 Å². The summed E-state index contributed by atoms with van der Waals surface area (Å²) in [6.07, 6.45) is 3.50. The molecule has 0 aliphatic heterocycles. The highest BCUT2D eigenvalue weighted by Gasteiger charge is 2.13. The number of hydrogen-bond donors (Lipinski definition) is 0. The van der Waals surface area contributed by atoms with Crippen molar-refractivity contribution < 1.29 is 14.3 Å². The molecule has 32 heavy (non-hydrogen) atoms. The van der Waals surface area contributed by atoms with Gasteiger partial charge in [-0.1, -0.05) is 12.1 Å². The number of anilines is 1. The molecule has 0 N–H and O–H groups in total. The molecule has 0 aliphatic carbocycles. The van der Waals surface area contributed by atoms with Crippen LogP contribution < -0.4 is 14.4 Å². The zero-order valence-electron chi connectivity index (χ0n) is 18.2. The number of thiazole rings is 1. The highest BCUT2D eigenvalue weighted by atomic mass is 32.1. The molecule has 6 nitrogen and oxygen atoms in total. The number of aryl methyl sites for hydroxylation is 1. The number of benzene rings is 2. The highest BCUT2D eigenvalue weighted by Crippen LogP contribution is 2.21. The van der Waals surface area contributed by atoms with Crippen LogP contribution in [-0.4, -0.2) is 24.0 Å². The Morgan fingerprint density at radius 1 is 1.19 bits per heavy atom. The van der Waals surface area contributed by atoms with E-state index in [9.17, 15) is 4.79 Å². The summed E-state index contributed by atoms with van der Waals surface area (Å²) < 4.78 is 11.3. The van der Waals surface area contributed by atoms with Gasteiger partial charge in [-0.05, 0) is 61.9 Å². The van der Waals surface area contributed by atoms with E-state index in [0.717, 1.165) is 22.0 Å². The summed E-state index contributed by atoms with van der Waals surface area (Å²) in [5, 5.41) is 12.0. The van der Waals surface area contributed by atoms with E-state index in [4.69, 9.17) is 14.7 Å². The zero-order chi connectivity index (χ0) is 22.8. The lowest BCUT2D eigenvalue weighted by molar-refractivity contribution is -0.114. The third kappa shape index (κ3) is 6.69. The van der Waals surface area contributed by atoms with Gasteiger partial charge in [0.1, 0.15) is 18.1 Å². The van der Waals surface area contributed by atoms with Crippen molar-refractivity contribution in [2.24, 2.45) is 0 Å². The Labute approximate surface area is 192 Å². The number of amides is 1. The van der Waals surface area contributed by atoms with Crippen molar-refractivity contribution in [1.29, 1.82) is 5.26 Å². The normalized spacial score (nSPS) is 10.7. The third-order valence-corrected chi connectivity index (χ3v) is 5.32. The molecule has 0 spiro atoms. The van der Waals surface area contributed by atoms with Crippen molar-refractivity contribution >= 4 is 29.0 Å². The van der Waals surface area contributed by atoms with Crippen molar-refractivity contribution in [2.75, 3.05) is 18.1 Å². The first-order valence-electron chi connectivity index (χ1n) is 10.3. The van der Waals surface area contributed by atoms with Gasteiger partial charge in [0.2, 0.25) is 0 Å². The van der Waals surface area contributed by atoms with Gasteiger partial charge < -0.3 is 14.4 Å². The van der Waals surface area contributed by atoms with E-state index in [1.165, 1.54) is 6.08 Å². The number of rotatable bonds is 10. The molecule has 164 valence electrons. The second-order valence-corrected chi connectivity index (χ2v) is 7.94. The lowest BCUT2D eigenvalue weighted by Gasteiger charge is -2.20. The minimum atomic E-state index is -0.200. The number of ether oxygens (including phenoxy) is 2. The van der Waals surface area contributed by atoms with Crippen LogP contribution in [0.25, 0.3) is 6.08 Å². The van der Waals surface area contributed by atoms with E-state index in [2.05, 4.69) is 11.1 Å². The molecule has 0 aliphatic rings. The van der Waals surface area contributed by atoms with Gasteiger partial charge in [-0.15, -0.1) is 11.3 Å². The first-order valence-corrected chi connectivity index (χ1v) is 11.2. The maximum atomic E-state index is 12.9. The van der Waals surface area contributed by atoms with E-state index in [0.29, 0.717) is 31.2 Å². The molecule has 0 atom stereocenters. The largest absolute Gasteiger partial charge is 0.494 e. The number of nitriles is 1. The minimum Gasteiger partial charge on any atom is -0.494 e. The summed E-state index contributed by atoms with van der Waals surface area (Å²) >= 11 is 1.59. The van der Waals surface area contributed by atoms with Crippen LogP contribution in [0.1, 0.15) is 29.6 Å². The van der Waals surface area contributed by atoms with Gasteiger partial charge in [0.25, 0.3) is 5.91 Å². The lowest BCUT2D eigenvalue weighted by atomic mass is 10.2. The SMILES string of the molecule is CCOc1ccc(N(CCC#N)C(=O)/C=C/c2cccc(OCc3csc(C)n3)c2)cc1. The zero-order valence-corrected chi connectivity index (χ0v) is 19.0. The second-order valence-electron chi connectivity index (χ2n) is 6.88. The fraction of sp³-hybridized carbons (Fsp3) is 0.240. The van der Waals surface area contributed by atoms with Crippen LogP contribution in [-0.2, 0) is 11.4 Å². The molecule has 1 aromatic heterocycles. The number of carbonyl (C=O) groups excluding carboxylic acids is 1. The van der Waals surface area contributed by atoms with Crippen molar-refractivity contribution in [3.05, 3.63) is 76.3 Å². The van der Waals surface area contributed by atoms with Crippen LogP contribution in [0.4, 0.5) is 5.69 Å². The molecule has 3 rings (SSSR count). The van der Waals surface area contributed by atoms with E-state index >= 15 is 0 Å². The van der Waals surface area contributed by atoms with Gasteiger partial charge in [-0.2, -0.15) is 5.26 Å². The summed E-state index contributed by atoms with van der Waals surface area (Å²) in [6.45, 7) is 5.16. The van der Waals surface area contributed by atoms with Crippen molar-refractivity contribution in [3.63, 3.8) is 0 Å². The first kappa shape index (κ1) is 23.0. The quantitative estimate of drug-likeness (QED) is 0.390. The van der Waals surface area contributed by atoms with Gasteiger partial charge in [0, 0.05) is 23.7 Å². The van der Waals surface area contributed by atoms with E-state index in [1.54, 1.807) is 22.3 Å². The number of hydrogen-bond acceptors (Lipinski definition) is 6. The van der Waals surface area contributed by atoms with Gasteiger partial charge in [0.05, 0.1) is 29.8 Å². The molecule has 7 heteroatoms. The maximum absolute atomic E-state index is 12.9. The minimum absolute atomic E-state index is 0.200. The molecule has 1 heterocycles. The molecular formula is C25H25N3O3S. The predicted octanol–water partition coefficient (Wildman–Crippen LogP) is 5.39. The Bertz CT molecular complexity index is 1100. The average Bonchev–Trinajstić information content (AvgIpc) is 3.23. The average molecular weight is 448 g/mol. The highest BCUT2D eigenvalue weighted by molar-refractivity contribution is 7.09. The summed E-state index contributed by atoms with van der Waals surface area (Å²) in [7, 11) is 0. The smallest absolute Gasteiger partial charge is 0.251 e. The van der Waals surface area contributed by atoms with E-state index in [-0.39, 0.29) is 12.3 Å². The predicted molar refractivity (Wildman–Crippen MR) is 127 cm³/mol. The fourth-order valence-electron chi connectivity index (χ4n) is 3.01. The second kappa shape index (κ2) is 11.7. The first-order chi connectivity index (χ1) is 15.6. The molecule has 3 aromatic rings. The molecule has 0 radical (unpaired) electrons. The maximum Gasteiger partial charge on any atom is 0.251 e. The lowest BCUT2D eigenvalue weighted by Crippen LogP contribution is -2.30. The Morgan fingerprint density at radius 2 is 2.00 bits per heavy atom. The summed E-state index contributed by atoms with van der Waals surface area (Å²) in [4.78, 5) is 18.9. The van der Waals surface area contributed by atoms with Crippen LogP contribution in [0.5, 0.6) is 11.5 Å². The Balaban J connectivity index is 1.68. The molecule has 0 bridgehead atoms. The molecule has 2 aromatic carbocycles. The molecule has 0 saturated carbocycles. The number of carbonyl (C=O) groups is 1. The van der Waals surface area contributed by atoms with Gasteiger partial charge >= 0.3 is 0 Å². The standard InChI is InChI=1S/C25H25N3O3S/c1-3-30-23-11-9-22(10-12-23)28(15-5-14-26)25(29)13-8-20-6-4-7-24(16-20)31-17-21-18-32-19(2)27-21/h4,6-13,16,18H,3,5,15,17H2,1-2H3/b13-8+. The van der Waals surface area contributed by atoms with Crippen molar-refractivity contribution in [2.45, 2.75) is 26.9 Å². The van der Waals surface area contributed by atoms with Crippen LogP contribution in [0, 0.1) is 18.3 Å². The molecule has 0 saturated heterocycles. The van der Waals surface area contributed by atoms with Crippen molar-refractivity contribution in [1.82, 2.24) is 4.98 Å². The summed E-state index contributed by atoms with van der Waals surface area (Å²) in [5.41, 5.74) is 2.46. The summed E-state index contributed by atoms with van der Waals surface area (Å²) in [5.74, 6) is 1.25. The van der Waals surface area contributed by atoms with E-state index < -0.39 is 0 Å². The van der Waals surface area contributed by atoms with Crippen LogP contribution >= 0.6 is 11.3 Å². The van der Waals surface area contributed by atoms with Crippen molar-refractivity contribution in [3.8, 4) is 17.6 Å². The summed E-state index contributed by atoms with van der Waals surface area (Å²) in [6, 6.07) is 16.9. The topological polar surface area (TPSA) is 75.5 Å². The Hall–Kier alpha value is -3.63. The van der Waals surface area contributed by atoms with Crippen LogP contribution in [0.15, 0.2) is 60.0 Å². The number of nitrogens with zero attached hydrogens (tertiary/aromatic N) is 3. The Morgan fingerprint density at radius 3 is 2.69 bits per heavy atom.